The molecule has 0 rings (SSSR count). The highest BCUT2D eigenvalue weighted by Crippen LogP contribution is 2.14. The molecule has 0 aromatic heterocycles. The third kappa shape index (κ3) is 69.4. The summed E-state index contributed by atoms with van der Waals surface area (Å²) in [5.41, 5.74) is 22.2. The van der Waals surface area contributed by atoms with E-state index in [1.807, 2.05) is 93.7 Å². The van der Waals surface area contributed by atoms with Crippen LogP contribution in [-0.2, 0) is 28.7 Å². The molecule has 7 nitrogen and oxygen atoms in total. The van der Waals surface area contributed by atoms with Crippen molar-refractivity contribution in [3.05, 3.63) is 391 Å². The van der Waals surface area contributed by atoms with Gasteiger partial charge in [0.2, 0.25) is 0 Å². The Morgan fingerprint density at radius 3 is 0.627 bits per heavy atom. The first-order chi connectivity index (χ1) is 52.4. The predicted molar refractivity (Wildman–Crippen MR) is 487 cm³/mol. The number of allylic oxidation sites excluding steroid dienone is 63. The molecule has 7 heteroatoms. The van der Waals surface area contributed by atoms with E-state index in [0.29, 0.717) is 22.3 Å². The lowest BCUT2D eigenvalue weighted by molar-refractivity contribution is -0.136. The van der Waals surface area contributed by atoms with E-state index in [-0.39, 0.29) is 20.0 Å². The average Bonchev–Trinajstić information content (AvgIpc) is 0.993. The van der Waals surface area contributed by atoms with Gasteiger partial charge in [0.15, 0.2) is 0 Å². The fraction of sp³-hybridized carbons (Fsp3) is 0.320. The summed E-state index contributed by atoms with van der Waals surface area (Å²) >= 11 is 0. The van der Waals surface area contributed by atoms with Crippen molar-refractivity contribution in [2.75, 3.05) is 20.8 Å². The molecule has 0 amide bonds. The van der Waals surface area contributed by atoms with Crippen LogP contribution in [0.4, 0.5) is 0 Å². The Hall–Kier alpha value is -10.3. The molecule has 0 aromatic rings. The van der Waals surface area contributed by atoms with Gasteiger partial charge in [-0.25, -0.2) is 9.59 Å². The van der Waals surface area contributed by atoms with Crippen molar-refractivity contribution in [1.29, 1.82) is 0 Å². The Balaban J connectivity index is -0.000000815. The second-order valence-electron chi connectivity index (χ2n) is 27.5. The van der Waals surface area contributed by atoms with E-state index < -0.39 is 0 Å². The topological polar surface area (TPSA) is 107 Å². The zero-order chi connectivity index (χ0) is 83.1. The average molecular weight is 1490 g/mol. The molecular weight excluding hydrogens is 1350 g/mol. The van der Waals surface area contributed by atoms with E-state index in [0.717, 1.165) is 87.1 Å². The second kappa shape index (κ2) is 70.3. The van der Waals surface area contributed by atoms with Gasteiger partial charge in [-0.05, 0) is 207 Å². The molecule has 0 saturated heterocycles. The third-order valence-electron chi connectivity index (χ3n) is 16.0. The Kier molecular flexibility index (Phi) is 66.4. The summed E-state index contributed by atoms with van der Waals surface area (Å²) in [5.74, 6) is -0.542. The van der Waals surface area contributed by atoms with Gasteiger partial charge in [-0.2, -0.15) is 0 Å². The van der Waals surface area contributed by atoms with Gasteiger partial charge in [0.25, 0.3) is 0 Å². The number of aliphatic hydroxyl groups excluding tert-OH is 1. The van der Waals surface area contributed by atoms with E-state index in [2.05, 4.69) is 291 Å². The molecule has 594 valence electrons. The monoisotopic (exact) mass is 1490 g/mol. The molecule has 0 aliphatic rings. The van der Waals surface area contributed by atoms with Gasteiger partial charge in [0.1, 0.15) is 12.6 Å². The third-order valence-corrected chi connectivity index (χ3v) is 16.0. The number of rotatable bonds is 44. The Labute approximate surface area is 670 Å². The van der Waals surface area contributed by atoms with Crippen LogP contribution < -0.4 is 0 Å². The fourth-order valence-corrected chi connectivity index (χ4v) is 8.60. The van der Waals surface area contributed by atoms with Crippen molar-refractivity contribution in [2.45, 2.75) is 203 Å². The lowest BCUT2D eigenvalue weighted by Crippen LogP contribution is -2.01. The summed E-state index contributed by atoms with van der Waals surface area (Å²) in [7, 11) is 2.80. The number of aliphatic hydroxyl groups is 1. The number of carbonyl (C=O) groups is 4. The van der Waals surface area contributed by atoms with Crippen LogP contribution in [0.15, 0.2) is 391 Å². The normalized spacial score (nSPS) is 15.7. The zero-order valence-corrected chi connectivity index (χ0v) is 71.7. The molecule has 0 aliphatic carbocycles. The van der Waals surface area contributed by atoms with Gasteiger partial charge in [0.05, 0.1) is 20.8 Å². The molecule has 0 spiro atoms. The number of esters is 2. The van der Waals surface area contributed by atoms with Crippen molar-refractivity contribution in [3.8, 4) is 0 Å². The molecule has 0 aliphatic heterocycles. The molecule has 0 bridgehead atoms. The maximum Gasteiger partial charge on any atom is 0.333 e. The van der Waals surface area contributed by atoms with Crippen LogP contribution in [0.2, 0.25) is 0 Å². The lowest BCUT2D eigenvalue weighted by Gasteiger charge is -1.99. The van der Waals surface area contributed by atoms with Crippen LogP contribution in [-0.4, -0.2) is 50.4 Å². The van der Waals surface area contributed by atoms with Gasteiger partial charge in [-0.3, -0.25) is 9.59 Å². The second-order valence-corrected chi connectivity index (χ2v) is 27.5. The predicted octanol–water partition coefficient (Wildman–Crippen LogP) is 28.6. The summed E-state index contributed by atoms with van der Waals surface area (Å²) in [6.07, 6.45) is 105. The summed E-state index contributed by atoms with van der Waals surface area (Å²) < 4.78 is 9.44. The zero-order valence-electron chi connectivity index (χ0n) is 71.7. The highest BCUT2D eigenvalue weighted by atomic mass is 16.5. The first-order valence-corrected chi connectivity index (χ1v) is 38.3. The molecule has 110 heavy (non-hydrogen) atoms. The number of ether oxygens (including phenoxy) is 2. The highest BCUT2D eigenvalue weighted by Gasteiger charge is 2.03. The van der Waals surface area contributed by atoms with Crippen LogP contribution in [0.3, 0.4) is 0 Å². The maximum atomic E-state index is 11.4. The minimum atomic E-state index is -0.271. The summed E-state index contributed by atoms with van der Waals surface area (Å²) in [6, 6.07) is 0. The molecule has 0 atom stereocenters. The minimum absolute atomic E-state index is 0. The first kappa shape index (κ1) is 104. The number of hydrogen-bond donors (Lipinski definition) is 1. The highest BCUT2D eigenvalue weighted by molar-refractivity contribution is 5.88. The van der Waals surface area contributed by atoms with Gasteiger partial charge < -0.3 is 14.6 Å². The number of hydrogen-bond acceptors (Lipinski definition) is 7. The Bertz CT molecular complexity index is 3690. The molecule has 0 unspecified atom stereocenters. The van der Waals surface area contributed by atoms with Crippen LogP contribution in [0, 0.1) is 0 Å². The van der Waals surface area contributed by atoms with E-state index in [1.165, 1.54) is 86.7 Å². The fourth-order valence-electron chi connectivity index (χ4n) is 8.60. The first-order valence-electron chi connectivity index (χ1n) is 38.3. The molecular formula is C103H140O7. The van der Waals surface area contributed by atoms with Crippen LogP contribution in [0.25, 0.3) is 0 Å². The summed E-state index contributed by atoms with van der Waals surface area (Å²) in [6.45, 7) is 42.9. The van der Waals surface area contributed by atoms with Crippen molar-refractivity contribution < 1.29 is 35.2 Å². The Morgan fingerprint density at radius 1 is 0.255 bits per heavy atom. The van der Waals surface area contributed by atoms with Gasteiger partial charge in [-0.15, -0.1) is 0 Å². The lowest BCUT2D eigenvalue weighted by atomic mass is 10.1. The number of methoxy groups -OCH3 is 2. The molecule has 0 fully saturated rings. The standard InChI is InChI=1S/C42H56O4.C41H58O.C20H24O2.H2/c1-33(21-13-23-35(3)25-15-27-37(5)29-17-31-39(7)41(43)45-9)19-11-12-20-34(2)22-14-24-36(4)26-16-28-38(6)30-18-32-40(8)42(44)46-10;1-10-34(2)21-13-22-37(5)27-16-28-38(6)25-14-23-35(3)19-11-12-20-36(4)24-15-26-39(7)29-17-30-40(8)31-18-32-41(9)33-42;1-17(11-7-13-19(3)15-21)9-5-6-10-18(2)12-8-14-20(4)16-22;/h11-16,19-28,31-32H,17-18,29-30H2,1-10H3;11-12,14-17,19-21,23-30,32,42H,10,13,18,22,31,33H2,1-9H3;5-16H,1-4H3;1H/b12-11+,21-13+,22-14+,25-15+,26-16+,33-19+,34-20+,35-23+,36-24+,37-27+,38-28+,39-31+,40-32+;12-11+,23-14+,24-15+,28-16+,29-17+,34-21+,35-19+,36-20+,37-27+,38-25+,39-26+,40-30+,41-32+;6-5+,11-7+,12-8+,17-9+,18-10+,19-13+,20-14+;. The summed E-state index contributed by atoms with van der Waals surface area (Å²) in [5, 5.41) is 9.05. The largest absolute Gasteiger partial charge is 0.466 e. The SMILES string of the molecule is CC/C(C)=C/CC/C(C)=C/C=C/C(C)=C/C=C/C(C)=C/C=C/C=C(C)/C=C/C=C(C)/C=C/C=C(\C)CC/C=C(\C)CO.COC(=O)/C(C)=C/CC/C(C)=C/C=C/C(C)=C/C=C/C(C)=C/C=C/C=C(C)/C=C/C=C(C)/C=C/C=C(\C)CC/C=C(\C)C(=O)OC.C\C(C=O)=C/C=C/C(C)=C/C=C/C=C(C)/C=C/C=C(\C)C=O.[HH]. The van der Waals surface area contributed by atoms with Crippen molar-refractivity contribution in [3.63, 3.8) is 0 Å². The number of aldehydes is 2. The van der Waals surface area contributed by atoms with Crippen molar-refractivity contribution >= 4 is 24.5 Å². The van der Waals surface area contributed by atoms with Crippen molar-refractivity contribution in [2.24, 2.45) is 0 Å². The quantitative estimate of drug-likeness (QED) is 0.0213. The van der Waals surface area contributed by atoms with Crippen LogP contribution in [0.1, 0.15) is 205 Å². The maximum absolute atomic E-state index is 11.4. The molecule has 0 radical (unpaired) electrons. The van der Waals surface area contributed by atoms with Gasteiger partial charge >= 0.3 is 11.9 Å². The number of carbonyl (C=O) groups excluding carboxylic acids is 4. The van der Waals surface area contributed by atoms with E-state index in [9.17, 15) is 19.2 Å². The van der Waals surface area contributed by atoms with E-state index in [1.54, 1.807) is 39.8 Å². The van der Waals surface area contributed by atoms with Crippen LogP contribution >= 0.6 is 0 Å². The smallest absolute Gasteiger partial charge is 0.333 e. The van der Waals surface area contributed by atoms with Gasteiger partial charge in [0, 0.05) is 12.6 Å². The minimum Gasteiger partial charge on any atom is -0.466 e. The van der Waals surface area contributed by atoms with Crippen molar-refractivity contribution in [1.82, 2.24) is 0 Å². The molecule has 1 N–H and O–H groups in total. The molecule has 0 saturated carbocycles. The molecule has 0 aromatic carbocycles. The Morgan fingerprint density at radius 2 is 0.436 bits per heavy atom. The molecule has 0 heterocycles. The van der Waals surface area contributed by atoms with E-state index >= 15 is 0 Å². The van der Waals surface area contributed by atoms with Gasteiger partial charge in [-0.1, -0.05) is 376 Å². The van der Waals surface area contributed by atoms with Crippen LogP contribution in [0.5, 0.6) is 0 Å². The van der Waals surface area contributed by atoms with E-state index in [4.69, 9.17) is 14.6 Å². The summed E-state index contributed by atoms with van der Waals surface area (Å²) in [4.78, 5) is 43.7.